The second-order valence-corrected chi connectivity index (χ2v) is 5.06. The van der Waals surface area contributed by atoms with Crippen LogP contribution in [-0.2, 0) is 24.6 Å². The molecule has 1 saturated heterocycles. The molecule has 4 heteroatoms. The van der Waals surface area contributed by atoms with Crippen molar-refractivity contribution in [1.82, 2.24) is 9.78 Å². The molecule has 2 atom stereocenters. The summed E-state index contributed by atoms with van der Waals surface area (Å²) in [7, 11) is 1.97. The fourth-order valence-electron chi connectivity index (χ4n) is 2.59. The predicted molar refractivity (Wildman–Crippen MR) is 65.8 cm³/mol. The first-order valence-corrected chi connectivity index (χ1v) is 6.35. The number of ether oxygens (including phenoxy) is 1. The number of rotatable bonds is 4. The molecule has 1 aromatic rings. The maximum absolute atomic E-state index is 9.69. The second kappa shape index (κ2) is 4.78. The van der Waals surface area contributed by atoms with E-state index in [-0.39, 0.29) is 18.1 Å². The maximum Gasteiger partial charge on any atom is 0.0629 e. The van der Waals surface area contributed by atoms with Crippen molar-refractivity contribution in [2.45, 2.75) is 39.2 Å². The van der Waals surface area contributed by atoms with Gasteiger partial charge < -0.3 is 9.84 Å². The van der Waals surface area contributed by atoms with Gasteiger partial charge in [0.1, 0.15) is 0 Å². The van der Waals surface area contributed by atoms with Crippen LogP contribution in [0.1, 0.15) is 31.7 Å². The molecule has 0 bridgehead atoms. The number of aliphatic hydroxyl groups is 1. The Morgan fingerprint density at radius 3 is 2.88 bits per heavy atom. The van der Waals surface area contributed by atoms with Crippen molar-refractivity contribution in [3.05, 3.63) is 17.5 Å². The Hall–Kier alpha value is -0.870. The van der Waals surface area contributed by atoms with Gasteiger partial charge >= 0.3 is 0 Å². The van der Waals surface area contributed by atoms with Crippen LogP contribution in [0.25, 0.3) is 0 Å². The Morgan fingerprint density at radius 2 is 2.41 bits per heavy atom. The maximum atomic E-state index is 9.69. The molecule has 2 rings (SSSR count). The zero-order valence-corrected chi connectivity index (χ0v) is 10.9. The van der Waals surface area contributed by atoms with E-state index in [1.807, 2.05) is 11.7 Å². The largest absolute Gasteiger partial charge is 0.396 e. The van der Waals surface area contributed by atoms with Gasteiger partial charge in [0.2, 0.25) is 0 Å². The molecule has 1 aliphatic rings. The molecule has 2 unspecified atom stereocenters. The van der Waals surface area contributed by atoms with Crippen LogP contribution in [0.2, 0.25) is 0 Å². The van der Waals surface area contributed by atoms with Gasteiger partial charge in [-0.1, -0.05) is 6.92 Å². The number of hydrogen-bond acceptors (Lipinski definition) is 3. The van der Waals surface area contributed by atoms with Gasteiger partial charge in [-0.3, -0.25) is 4.68 Å². The van der Waals surface area contributed by atoms with Crippen LogP contribution in [0.3, 0.4) is 0 Å². The molecule has 2 heterocycles. The first kappa shape index (κ1) is 12.6. The van der Waals surface area contributed by atoms with E-state index in [9.17, 15) is 5.11 Å². The van der Waals surface area contributed by atoms with E-state index in [0.717, 1.165) is 31.6 Å². The molecule has 1 aromatic heterocycles. The molecule has 1 fully saturated rings. The van der Waals surface area contributed by atoms with Crippen molar-refractivity contribution in [3.8, 4) is 0 Å². The van der Waals surface area contributed by atoms with Gasteiger partial charge in [-0.25, -0.2) is 0 Å². The topological polar surface area (TPSA) is 47.3 Å². The molecule has 0 aromatic carbocycles. The van der Waals surface area contributed by atoms with Crippen LogP contribution in [0, 0.1) is 5.41 Å². The minimum Gasteiger partial charge on any atom is -0.396 e. The van der Waals surface area contributed by atoms with Gasteiger partial charge in [0.05, 0.1) is 18.4 Å². The van der Waals surface area contributed by atoms with E-state index in [2.05, 4.69) is 25.0 Å². The minimum absolute atomic E-state index is 0.118. The molecule has 4 nitrogen and oxygen atoms in total. The van der Waals surface area contributed by atoms with E-state index in [1.54, 1.807) is 0 Å². The first-order valence-electron chi connectivity index (χ1n) is 6.35. The predicted octanol–water partition coefficient (Wildman–Crippen LogP) is 1.31. The number of hydrogen-bond donors (Lipinski definition) is 1. The molecule has 1 N–H and O–H groups in total. The lowest BCUT2D eigenvalue weighted by molar-refractivity contribution is 0.0261. The third-order valence-corrected chi connectivity index (χ3v) is 4.07. The minimum atomic E-state index is -0.126. The normalized spacial score (nSPS) is 28.8. The molecule has 0 spiro atoms. The zero-order chi connectivity index (χ0) is 12.5. The average Bonchev–Trinajstić information content (AvgIpc) is 2.85. The van der Waals surface area contributed by atoms with Gasteiger partial charge in [-0.05, 0) is 32.3 Å². The third-order valence-electron chi connectivity index (χ3n) is 4.07. The highest BCUT2D eigenvalue weighted by molar-refractivity contribution is 5.13. The highest BCUT2D eigenvalue weighted by atomic mass is 16.5. The van der Waals surface area contributed by atoms with Crippen LogP contribution in [-0.4, -0.2) is 34.2 Å². The quantitative estimate of drug-likeness (QED) is 0.860. The summed E-state index contributed by atoms with van der Waals surface area (Å²) >= 11 is 0. The van der Waals surface area contributed by atoms with Crippen molar-refractivity contribution in [3.63, 3.8) is 0 Å². The van der Waals surface area contributed by atoms with E-state index in [4.69, 9.17) is 4.74 Å². The molecular weight excluding hydrogens is 216 g/mol. The standard InChI is InChI=1S/C13H22N2O2/c1-4-11-7-12(15(3)14-11)8-13(9-16)5-6-17-10(13)2/h7,10,16H,4-6,8-9H2,1-3H3. The van der Waals surface area contributed by atoms with Gasteiger partial charge in [-0.15, -0.1) is 0 Å². The van der Waals surface area contributed by atoms with Crippen LogP contribution in [0.5, 0.6) is 0 Å². The summed E-state index contributed by atoms with van der Waals surface area (Å²) in [4.78, 5) is 0. The summed E-state index contributed by atoms with van der Waals surface area (Å²) in [6, 6.07) is 2.14. The monoisotopic (exact) mass is 238 g/mol. The summed E-state index contributed by atoms with van der Waals surface area (Å²) < 4.78 is 7.55. The summed E-state index contributed by atoms with van der Waals surface area (Å²) in [5, 5.41) is 14.1. The molecule has 0 amide bonds. The van der Waals surface area contributed by atoms with Gasteiger partial charge in [0, 0.05) is 24.8 Å². The van der Waals surface area contributed by atoms with Crippen LogP contribution in [0.4, 0.5) is 0 Å². The Labute approximate surface area is 103 Å². The Balaban J connectivity index is 2.20. The van der Waals surface area contributed by atoms with Gasteiger partial charge in [-0.2, -0.15) is 5.10 Å². The molecule has 0 aliphatic carbocycles. The molecular formula is C13H22N2O2. The lowest BCUT2D eigenvalue weighted by atomic mass is 9.78. The average molecular weight is 238 g/mol. The SMILES string of the molecule is CCc1cc(CC2(CO)CCOC2C)n(C)n1. The lowest BCUT2D eigenvalue weighted by Gasteiger charge is -2.29. The smallest absolute Gasteiger partial charge is 0.0629 e. The molecule has 17 heavy (non-hydrogen) atoms. The first-order chi connectivity index (χ1) is 8.11. The zero-order valence-electron chi connectivity index (χ0n) is 10.9. The van der Waals surface area contributed by atoms with Gasteiger partial charge in [0.25, 0.3) is 0 Å². The summed E-state index contributed by atoms with van der Waals surface area (Å²) in [5.74, 6) is 0. The highest BCUT2D eigenvalue weighted by Gasteiger charge is 2.41. The van der Waals surface area contributed by atoms with Crippen LogP contribution < -0.4 is 0 Å². The molecule has 0 saturated carbocycles. The van der Waals surface area contributed by atoms with Crippen molar-refractivity contribution in [2.75, 3.05) is 13.2 Å². The van der Waals surface area contributed by atoms with E-state index in [0.29, 0.717) is 0 Å². The van der Waals surface area contributed by atoms with E-state index < -0.39 is 0 Å². The third kappa shape index (κ3) is 2.24. The van der Waals surface area contributed by atoms with Crippen molar-refractivity contribution in [2.24, 2.45) is 12.5 Å². The Bertz CT molecular complexity index is 389. The molecule has 1 aliphatic heterocycles. The number of aromatic nitrogens is 2. The fraction of sp³-hybridized carbons (Fsp3) is 0.769. The number of nitrogens with zero attached hydrogens (tertiary/aromatic N) is 2. The van der Waals surface area contributed by atoms with Gasteiger partial charge in [0.15, 0.2) is 0 Å². The van der Waals surface area contributed by atoms with Crippen LogP contribution >= 0.6 is 0 Å². The van der Waals surface area contributed by atoms with Crippen molar-refractivity contribution < 1.29 is 9.84 Å². The Morgan fingerprint density at radius 1 is 1.65 bits per heavy atom. The fourth-order valence-corrected chi connectivity index (χ4v) is 2.59. The molecule has 96 valence electrons. The van der Waals surface area contributed by atoms with Crippen LogP contribution in [0.15, 0.2) is 6.07 Å². The summed E-state index contributed by atoms with van der Waals surface area (Å²) in [5.41, 5.74) is 2.18. The Kier molecular flexibility index (Phi) is 3.54. The number of aryl methyl sites for hydroxylation is 2. The highest BCUT2D eigenvalue weighted by Crippen LogP contribution is 2.37. The lowest BCUT2D eigenvalue weighted by Crippen LogP contribution is -2.35. The van der Waals surface area contributed by atoms with E-state index >= 15 is 0 Å². The number of aliphatic hydroxyl groups excluding tert-OH is 1. The van der Waals surface area contributed by atoms with E-state index in [1.165, 1.54) is 5.69 Å². The molecule has 0 radical (unpaired) electrons. The summed E-state index contributed by atoms with van der Waals surface area (Å²) in [6.07, 6.45) is 2.84. The summed E-state index contributed by atoms with van der Waals surface area (Å²) in [6.45, 7) is 5.09. The second-order valence-electron chi connectivity index (χ2n) is 5.06. The van der Waals surface area contributed by atoms with Crippen molar-refractivity contribution in [1.29, 1.82) is 0 Å². The van der Waals surface area contributed by atoms with Crippen molar-refractivity contribution >= 4 is 0 Å².